The molecule has 1 rings (SSSR count). The number of phenols is 1. The molecule has 0 aliphatic heterocycles. The lowest BCUT2D eigenvalue weighted by molar-refractivity contribution is 0.462. The van der Waals surface area contributed by atoms with Crippen LogP contribution in [0.15, 0.2) is 12.1 Å². The van der Waals surface area contributed by atoms with E-state index < -0.39 is 0 Å². The van der Waals surface area contributed by atoms with Gasteiger partial charge in [0.25, 0.3) is 0 Å². The number of hydrogen-bond donors (Lipinski definition) is 3. The summed E-state index contributed by atoms with van der Waals surface area (Å²) in [4.78, 5) is 0. The third-order valence-corrected chi connectivity index (χ3v) is 2.15. The smallest absolute Gasteiger partial charge is 0.143 e. The van der Waals surface area contributed by atoms with Gasteiger partial charge in [-0.1, -0.05) is 13.0 Å². The van der Waals surface area contributed by atoms with E-state index in [1.165, 1.54) is 0 Å². The lowest BCUT2D eigenvalue weighted by Gasteiger charge is -2.13. The van der Waals surface area contributed by atoms with Gasteiger partial charge in [-0.05, 0) is 25.0 Å². The highest BCUT2D eigenvalue weighted by Gasteiger charge is 2.11. The second-order valence-corrected chi connectivity index (χ2v) is 3.31. The van der Waals surface area contributed by atoms with E-state index in [4.69, 9.17) is 11.5 Å². The molecule has 0 aliphatic carbocycles. The second-order valence-electron chi connectivity index (χ2n) is 3.31. The molecular weight excluding hydrogens is 164 g/mol. The molecule has 72 valence electrons. The van der Waals surface area contributed by atoms with E-state index in [-0.39, 0.29) is 11.8 Å². The Labute approximate surface area is 78.4 Å². The predicted octanol–water partition coefficient (Wildman–Crippen LogP) is 1.69. The SMILES string of the molecule is CCC(N)c1cc(C)cc(N)c1O. The number of aromatic hydroxyl groups is 1. The zero-order valence-electron chi connectivity index (χ0n) is 8.04. The average Bonchev–Trinajstić information content (AvgIpc) is 2.10. The van der Waals surface area contributed by atoms with E-state index in [9.17, 15) is 5.11 Å². The Kier molecular flexibility index (Phi) is 2.78. The summed E-state index contributed by atoms with van der Waals surface area (Å²) in [5.41, 5.74) is 13.6. The molecule has 0 fully saturated rings. The summed E-state index contributed by atoms with van der Waals surface area (Å²) in [6, 6.07) is 3.48. The van der Waals surface area contributed by atoms with Gasteiger partial charge in [0.05, 0.1) is 5.69 Å². The summed E-state index contributed by atoms with van der Waals surface area (Å²) in [6.07, 6.45) is 0.788. The van der Waals surface area contributed by atoms with Gasteiger partial charge in [0.15, 0.2) is 0 Å². The monoisotopic (exact) mass is 180 g/mol. The molecule has 0 heterocycles. The minimum Gasteiger partial charge on any atom is -0.505 e. The molecular formula is C10H16N2O. The van der Waals surface area contributed by atoms with Gasteiger partial charge in [0.2, 0.25) is 0 Å². The van der Waals surface area contributed by atoms with Gasteiger partial charge in [-0.15, -0.1) is 0 Å². The van der Waals surface area contributed by atoms with Crippen LogP contribution in [0.3, 0.4) is 0 Å². The lowest BCUT2D eigenvalue weighted by atomic mass is 10.0. The molecule has 5 N–H and O–H groups in total. The highest BCUT2D eigenvalue weighted by molar-refractivity contribution is 5.58. The number of phenolic OH excluding ortho intramolecular Hbond substituents is 1. The topological polar surface area (TPSA) is 72.3 Å². The van der Waals surface area contributed by atoms with Crippen LogP contribution in [0.5, 0.6) is 5.75 Å². The lowest BCUT2D eigenvalue weighted by Crippen LogP contribution is -2.09. The fraction of sp³-hybridized carbons (Fsp3) is 0.400. The number of benzene rings is 1. The van der Waals surface area contributed by atoms with Gasteiger partial charge in [-0.25, -0.2) is 0 Å². The third-order valence-electron chi connectivity index (χ3n) is 2.15. The quantitative estimate of drug-likeness (QED) is 0.479. The van der Waals surface area contributed by atoms with E-state index in [1.54, 1.807) is 6.07 Å². The normalized spacial score (nSPS) is 12.8. The molecule has 3 nitrogen and oxygen atoms in total. The van der Waals surface area contributed by atoms with Crippen LogP contribution in [-0.4, -0.2) is 5.11 Å². The van der Waals surface area contributed by atoms with Crippen molar-refractivity contribution in [1.29, 1.82) is 0 Å². The van der Waals surface area contributed by atoms with E-state index in [0.29, 0.717) is 5.69 Å². The molecule has 0 aromatic heterocycles. The maximum Gasteiger partial charge on any atom is 0.143 e. The summed E-state index contributed by atoms with van der Waals surface area (Å²) < 4.78 is 0. The Hall–Kier alpha value is -1.22. The molecule has 1 aromatic carbocycles. The van der Waals surface area contributed by atoms with E-state index in [2.05, 4.69) is 0 Å². The number of nitrogens with two attached hydrogens (primary N) is 2. The van der Waals surface area contributed by atoms with Crippen LogP contribution >= 0.6 is 0 Å². The van der Waals surface area contributed by atoms with Crippen molar-refractivity contribution in [1.82, 2.24) is 0 Å². The number of rotatable bonds is 2. The van der Waals surface area contributed by atoms with Crippen molar-refractivity contribution in [2.24, 2.45) is 5.73 Å². The van der Waals surface area contributed by atoms with Gasteiger partial charge in [0, 0.05) is 11.6 Å². The Morgan fingerprint density at radius 3 is 2.62 bits per heavy atom. The summed E-state index contributed by atoms with van der Waals surface area (Å²) >= 11 is 0. The predicted molar refractivity (Wildman–Crippen MR) is 54.5 cm³/mol. The van der Waals surface area contributed by atoms with Gasteiger partial charge in [-0.2, -0.15) is 0 Å². The standard InChI is InChI=1S/C10H16N2O/c1-3-8(11)7-4-6(2)5-9(12)10(7)13/h4-5,8,13H,3,11-12H2,1-2H3. The second kappa shape index (κ2) is 3.66. The van der Waals surface area contributed by atoms with Gasteiger partial charge in [-0.3, -0.25) is 0 Å². The molecule has 0 spiro atoms. The van der Waals surface area contributed by atoms with E-state index >= 15 is 0 Å². The summed E-state index contributed by atoms with van der Waals surface area (Å²) in [7, 11) is 0. The molecule has 1 unspecified atom stereocenters. The Morgan fingerprint density at radius 1 is 1.46 bits per heavy atom. The molecule has 0 aliphatic rings. The van der Waals surface area contributed by atoms with Crippen LogP contribution < -0.4 is 11.5 Å². The number of aryl methyl sites for hydroxylation is 1. The highest BCUT2D eigenvalue weighted by atomic mass is 16.3. The highest BCUT2D eigenvalue weighted by Crippen LogP contribution is 2.31. The van der Waals surface area contributed by atoms with Gasteiger partial charge >= 0.3 is 0 Å². The maximum absolute atomic E-state index is 9.62. The van der Waals surface area contributed by atoms with Crippen molar-refractivity contribution >= 4 is 5.69 Å². The van der Waals surface area contributed by atoms with Gasteiger partial charge < -0.3 is 16.6 Å². The Morgan fingerprint density at radius 2 is 2.08 bits per heavy atom. The maximum atomic E-state index is 9.62. The Bertz CT molecular complexity index is 310. The molecule has 1 aromatic rings. The first-order valence-corrected chi connectivity index (χ1v) is 4.40. The fourth-order valence-electron chi connectivity index (χ4n) is 1.34. The minimum absolute atomic E-state index is 0.125. The van der Waals surface area contributed by atoms with Crippen LogP contribution in [0.4, 0.5) is 5.69 Å². The Balaban J connectivity index is 3.20. The van der Waals surface area contributed by atoms with Crippen molar-refractivity contribution in [3.05, 3.63) is 23.3 Å². The number of hydrogen-bond acceptors (Lipinski definition) is 3. The average molecular weight is 180 g/mol. The summed E-state index contributed by atoms with van der Waals surface area (Å²) in [6.45, 7) is 3.91. The van der Waals surface area contributed by atoms with E-state index in [1.807, 2.05) is 19.9 Å². The molecule has 1 atom stereocenters. The number of anilines is 1. The molecule has 0 saturated heterocycles. The van der Waals surface area contributed by atoms with Crippen LogP contribution in [0.1, 0.15) is 30.5 Å². The van der Waals surface area contributed by atoms with Crippen molar-refractivity contribution < 1.29 is 5.11 Å². The van der Waals surface area contributed by atoms with Crippen molar-refractivity contribution in [2.45, 2.75) is 26.3 Å². The molecule has 0 amide bonds. The van der Waals surface area contributed by atoms with Crippen LogP contribution in [0, 0.1) is 6.92 Å². The minimum atomic E-state index is -0.137. The molecule has 0 bridgehead atoms. The number of nitrogen functional groups attached to an aromatic ring is 1. The molecule has 13 heavy (non-hydrogen) atoms. The molecule has 3 heteroatoms. The van der Waals surface area contributed by atoms with E-state index in [0.717, 1.165) is 17.5 Å². The largest absolute Gasteiger partial charge is 0.505 e. The zero-order chi connectivity index (χ0) is 10.0. The van der Waals surface area contributed by atoms with Crippen molar-refractivity contribution in [3.63, 3.8) is 0 Å². The zero-order valence-corrected chi connectivity index (χ0v) is 8.04. The third kappa shape index (κ3) is 1.92. The summed E-state index contributed by atoms with van der Waals surface area (Å²) in [5.74, 6) is 0.125. The summed E-state index contributed by atoms with van der Waals surface area (Å²) in [5, 5.41) is 9.62. The fourth-order valence-corrected chi connectivity index (χ4v) is 1.34. The first-order chi connectivity index (χ1) is 6.06. The van der Waals surface area contributed by atoms with Gasteiger partial charge in [0.1, 0.15) is 5.75 Å². The first-order valence-electron chi connectivity index (χ1n) is 4.40. The molecule has 0 radical (unpaired) electrons. The van der Waals surface area contributed by atoms with Crippen LogP contribution in [-0.2, 0) is 0 Å². The van der Waals surface area contributed by atoms with Crippen molar-refractivity contribution in [2.75, 3.05) is 5.73 Å². The first kappa shape index (κ1) is 9.86. The van der Waals surface area contributed by atoms with Crippen LogP contribution in [0.25, 0.3) is 0 Å². The molecule has 0 saturated carbocycles. The van der Waals surface area contributed by atoms with Crippen LogP contribution in [0.2, 0.25) is 0 Å². The van der Waals surface area contributed by atoms with Crippen molar-refractivity contribution in [3.8, 4) is 5.75 Å².